The van der Waals surface area contributed by atoms with Crippen molar-refractivity contribution >= 4 is 11.5 Å². The highest BCUT2D eigenvalue weighted by Crippen LogP contribution is 2.09. The highest BCUT2D eigenvalue weighted by Gasteiger charge is 2.16. The van der Waals surface area contributed by atoms with Crippen LogP contribution < -0.4 is 11.1 Å². The van der Waals surface area contributed by atoms with Gasteiger partial charge in [0.2, 0.25) is 0 Å². The Kier molecular flexibility index (Phi) is 5.66. The minimum Gasteiger partial charge on any atom is -0.399 e. The standard InChI is InChI=1S/C13H20N2O2/c1-2-12(15-8-3-9-16)13(17)10-4-6-11(14)7-5-10/h4-7,12,15-16H,2-3,8-9,14H2,1H3. The zero-order valence-electron chi connectivity index (χ0n) is 10.1. The number of nitrogen functional groups attached to an aromatic ring is 1. The lowest BCUT2D eigenvalue weighted by molar-refractivity contribution is 0.0939. The predicted molar refractivity (Wildman–Crippen MR) is 69.0 cm³/mol. The molecule has 0 heterocycles. The van der Waals surface area contributed by atoms with E-state index in [2.05, 4.69) is 5.32 Å². The summed E-state index contributed by atoms with van der Waals surface area (Å²) >= 11 is 0. The number of ketones is 1. The molecule has 1 aromatic carbocycles. The van der Waals surface area contributed by atoms with Crippen molar-refractivity contribution in [2.75, 3.05) is 18.9 Å². The Morgan fingerprint density at radius 3 is 2.59 bits per heavy atom. The zero-order valence-corrected chi connectivity index (χ0v) is 10.1. The maximum absolute atomic E-state index is 12.1. The van der Waals surface area contributed by atoms with E-state index in [1.807, 2.05) is 6.92 Å². The monoisotopic (exact) mass is 236 g/mol. The lowest BCUT2D eigenvalue weighted by Gasteiger charge is -2.15. The first-order valence-electron chi connectivity index (χ1n) is 5.93. The largest absolute Gasteiger partial charge is 0.399 e. The summed E-state index contributed by atoms with van der Waals surface area (Å²) < 4.78 is 0. The van der Waals surface area contributed by atoms with Crippen LogP contribution in [0, 0.1) is 0 Å². The van der Waals surface area contributed by atoms with Gasteiger partial charge in [0, 0.05) is 17.9 Å². The van der Waals surface area contributed by atoms with Crippen molar-refractivity contribution in [3.05, 3.63) is 29.8 Å². The molecule has 0 aliphatic rings. The Morgan fingerprint density at radius 2 is 2.06 bits per heavy atom. The van der Waals surface area contributed by atoms with Gasteiger partial charge >= 0.3 is 0 Å². The molecule has 0 amide bonds. The van der Waals surface area contributed by atoms with Crippen LogP contribution in [-0.2, 0) is 0 Å². The topological polar surface area (TPSA) is 75.3 Å². The van der Waals surface area contributed by atoms with E-state index in [0.29, 0.717) is 24.2 Å². The van der Waals surface area contributed by atoms with E-state index in [9.17, 15) is 4.79 Å². The van der Waals surface area contributed by atoms with E-state index in [1.165, 1.54) is 0 Å². The van der Waals surface area contributed by atoms with Crippen molar-refractivity contribution in [1.29, 1.82) is 0 Å². The third kappa shape index (κ3) is 4.17. The minimum absolute atomic E-state index is 0.0745. The fourth-order valence-corrected chi connectivity index (χ4v) is 1.63. The van der Waals surface area contributed by atoms with Gasteiger partial charge in [-0.05, 0) is 43.7 Å². The number of nitrogens with two attached hydrogens (primary N) is 1. The van der Waals surface area contributed by atoms with Crippen LogP contribution in [0.25, 0.3) is 0 Å². The summed E-state index contributed by atoms with van der Waals surface area (Å²) in [6.45, 7) is 2.75. The molecule has 0 radical (unpaired) electrons. The molecule has 1 rings (SSSR count). The van der Waals surface area contributed by atoms with Crippen LogP contribution in [0.3, 0.4) is 0 Å². The second kappa shape index (κ2) is 7.04. The molecule has 4 heteroatoms. The van der Waals surface area contributed by atoms with Gasteiger partial charge in [0.15, 0.2) is 5.78 Å². The average molecular weight is 236 g/mol. The zero-order chi connectivity index (χ0) is 12.7. The fraction of sp³-hybridized carbons (Fsp3) is 0.462. The molecule has 0 spiro atoms. The molecule has 0 aromatic heterocycles. The Bertz CT molecular complexity index is 349. The van der Waals surface area contributed by atoms with Gasteiger partial charge in [-0.15, -0.1) is 0 Å². The summed E-state index contributed by atoms with van der Waals surface area (Å²) in [5.74, 6) is 0.0745. The molecule has 1 unspecified atom stereocenters. The van der Waals surface area contributed by atoms with Gasteiger partial charge in [0.1, 0.15) is 0 Å². The van der Waals surface area contributed by atoms with Crippen molar-refractivity contribution in [1.82, 2.24) is 5.32 Å². The first-order valence-corrected chi connectivity index (χ1v) is 5.93. The number of aliphatic hydroxyl groups excluding tert-OH is 1. The first-order chi connectivity index (χ1) is 8.19. The summed E-state index contributed by atoms with van der Waals surface area (Å²) in [5.41, 5.74) is 6.90. The van der Waals surface area contributed by atoms with E-state index >= 15 is 0 Å². The van der Waals surface area contributed by atoms with Gasteiger partial charge in [-0.25, -0.2) is 0 Å². The second-order valence-corrected chi connectivity index (χ2v) is 3.98. The number of carbonyl (C=O) groups is 1. The summed E-state index contributed by atoms with van der Waals surface area (Å²) in [6.07, 6.45) is 1.39. The van der Waals surface area contributed by atoms with Crippen molar-refractivity contribution in [2.45, 2.75) is 25.8 Å². The van der Waals surface area contributed by atoms with Crippen molar-refractivity contribution in [3.63, 3.8) is 0 Å². The third-order valence-corrected chi connectivity index (χ3v) is 2.65. The number of carbonyl (C=O) groups excluding carboxylic acids is 1. The van der Waals surface area contributed by atoms with Crippen LogP contribution in [-0.4, -0.2) is 30.1 Å². The molecule has 0 aliphatic heterocycles. The van der Waals surface area contributed by atoms with E-state index in [0.717, 1.165) is 6.42 Å². The maximum Gasteiger partial charge on any atom is 0.179 e. The smallest absolute Gasteiger partial charge is 0.179 e. The van der Waals surface area contributed by atoms with E-state index < -0.39 is 0 Å². The van der Waals surface area contributed by atoms with Gasteiger partial charge in [0.25, 0.3) is 0 Å². The number of nitrogens with one attached hydrogen (secondary N) is 1. The lowest BCUT2D eigenvalue weighted by atomic mass is 10.0. The van der Waals surface area contributed by atoms with Crippen LogP contribution in [0.1, 0.15) is 30.1 Å². The minimum atomic E-state index is -0.190. The molecule has 1 aromatic rings. The van der Waals surface area contributed by atoms with E-state index in [-0.39, 0.29) is 18.4 Å². The van der Waals surface area contributed by atoms with Gasteiger partial charge in [-0.3, -0.25) is 4.79 Å². The molecular weight excluding hydrogens is 216 g/mol. The maximum atomic E-state index is 12.1. The quantitative estimate of drug-likeness (QED) is 0.378. The van der Waals surface area contributed by atoms with Crippen LogP contribution in [0.2, 0.25) is 0 Å². The molecule has 0 aliphatic carbocycles. The van der Waals surface area contributed by atoms with Gasteiger partial charge in [0.05, 0.1) is 6.04 Å². The SMILES string of the molecule is CCC(NCCCO)C(=O)c1ccc(N)cc1. The lowest BCUT2D eigenvalue weighted by Crippen LogP contribution is -2.37. The molecule has 0 bridgehead atoms. The Labute approximate surface area is 102 Å². The third-order valence-electron chi connectivity index (χ3n) is 2.65. The van der Waals surface area contributed by atoms with Gasteiger partial charge in [-0.2, -0.15) is 0 Å². The molecule has 4 N–H and O–H groups in total. The fourth-order valence-electron chi connectivity index (χ4n) is 1.63. The van der Waals surface area contributed by atoms with E-state index in [1.54, 1.807) is 24.3 Å². The van der Waals surface area contributed by atoms with Gasteiger partial charge < -0.3 is 16.2 Å². The summed E-state index contributed by atoms with van der Waals surface area (Å²) in [7, 11) is 0. The Morgan fingerprint density at radius 1 is 1.41 bits per heavy atom. The van der Waals surface area contributed by atoms with Crippen LogP contribution >= 0.6 is 0 Å². The number of rotatable bonds is 7. The molecule has 94 valence electrons. The highest BCUT2D eigenvalue weighted by atomic mass is 16.3. The number of Topliss-reactive ketones (excluding diaryl/α,β-unsaturated/α-hetero) is 1. The number of hydrogen-bond acceptors (Lipinski definition) is 4. The summed E-state index contributed by atoms with van der Waals surface area (Å²) in [4.78, 5) is 12.1. The van der Waals surface area contributed by atoms with Crippen molar-refractivity contribution < 1.29 is 9.90 Å². The summed E-state index contributed by atoms with van der Waals surface area (Å²) in [5, 5.41) is 11.8. The Balaban J connectivity index is 2.62. The first kappa shape index (κ1) is 13.7. The van der Waals surface area contributed by atoms with Crippen LogP contribution in [0.4, 0.5) is 5.69 Å². The molecule has 1 atom stereocenters. The number of anilines is 1. The molecule has 17 heavy (non-hydrogen) atoms. The van der Waals surface area contributed by atoms with Crippen molar-refractivity contribution in [3.8, 4) is 0 Å². The van der Waals surface area contributed by atoms with Crippen LogP contribution in [0.5, 0.6) is 0 Å². The normalized spacial score (nSPS) is 12.4. The number of benzene rings is 1. The van der Waals surface area contributed by atoms with Crippen LogP contribution in [0.15, 0.2) is 24.3 Å². The molecule has 0 saturated carbocycles. The molecule has 0 saturated heterocycles. The Hall–Kier alpha value is -1.39. The molecule has 0 fully saturated rings. The average Bonchev–Trinajstić information content (AvgIpc) is 2.35. The van der Waals surface area contributed by atoms with Crippen molar-refractivity contribution in [2.24, 2.45) is 0 Å². The number of aliphatic hydroxyl groups is 1. The molecule has 4 nitrogen and oxygen atoms in total. The molecular formula is C13H20N2O2. The second-order valence-electron chi connectivity index (χ2n) is 3.98. The van der Waals surface area contributed by atoms with E-state index in [4.69, 9.17) is 10.8 Å². The summed E-state index contributed by atoms with van der Waals surface area (Å²) in [6, 6.07) is 6.76. The number of hydrogen-bond donors (Lipinski definition) is 3. The van der Waals surface area contributed by atoms with Gasteiger partial charge in [-0.1, -0.05) is 6.92 Å². The highest BCUT2D eigenvalue weighted by molar-refractivity contribution is 6.00. The predicted octanol–water partition coefficient (Wildman–Crippen LogP) is 1.20.